The molecule has 0 aromatic heterocycles. The number of halogens is 1. The van der Waals surface area contributed by atoms with Crippen molar-refractivity contribution in [3.63, 3.8) is 0 Å². The number of aliphatic hydroxyl groups excluding tert-OH is 3. The van der Waals surface area contributed by atoms with E-state index in [4.69, 9.17) is 31.7 Å². The summed E-state index contributed by atoms with van der Waals surface area (Å²) in [5, 5.41) is 22.7. The molecule has 0 radical (unpaired) electrons. The lowest BCUT2D eigenvalue weighted by Gasteiger charge is -1.67. The van der Waals surface area contributed by atoms with Gasteiger partial charge in [0.25, 0.3) is 0 Å². The predicted octanol–water partition coefficient (Wildman–Crippen LogP) is 0.620. The lowest BCUT2D eigenvalue weighted by molar-refractivity contribution is 0.318. The van der Waals surface area contributed by atoms with Gasteiger partial charge in [-0.2, -0.15) is 0 Å². The zero-order valence-corrected chi connectivity index (χ0v) is 10.00. The molecule has 1 unspecified atom stereocenters. The highest BCUT2D eigenvalue weighted by atomic mass is 35.5. The summed E-state index contributed by atoms with van der Waals surface area (Å²) in [5.41, 5.74) is 0. The van der Waals surface area contributed by atoms with Gasteiger partial charge in [0.15, 0.2) is 0 Å². The highest BCUT2D eigenvalue weighted by Gasteiger charge is 2.19. The molecule has 0 aliphatic carbocycles. The van der Waals surface area contributed by atoms with Gasteiger partial charge in [0.2, 0.25) is 0 Å². The van der Waals surface area contributed by atoms with Gasteiger partial charge in [0.05, 0.1) is 18.6 Å². The van der Waals surface area contributed by atoms with Gasteiger partial charge in [-0.05, 0) is 20.8 Å². The summed E-state index contributed by atoms with van der Waals surface area (Å²) in [6.45, 7) is 6.67. The Kier molecular flexibility index (Phi) is 32.6. The fraction of sp³-hybridized carbons (Fsp3) is 1.00. The van der Waals surface area contributed by atoms with Crippen molar-refractivity contribution in [2.75, 3.05) is 32.3 Å². The van der Waals surface area contributed by atoms with Crippen LogP contribution in [0.5, 0.6) is 0 Å². The molecule has 14 heavy (non-hydrogen) atoms. The van der Waals surface area contributed by atoms with Gasteiger partial charge in [-0.15, -0.1) is 11.6 Å². The Morgan fingerprint density at radius 1 is 1.07 bits per heavy atom. The first-order valence-electron chi connectivity index (χ1n) is 4.68. The van der Waals surface area contributed by atoms with Crippen molar-refractivity contribution < 1.29 is 20.1 Å². The molecule has 1 aliphatic heterocycles. The molecule has 4 nitrogen and oxygen atoms in total. The van der Waals surface area contributed by atoms with E-state index >= 15 is 0 Å². The van der Waals surface area contributed by atoms with Crippen molar-refractivity contribution >= 4 is 11.6 Å². The molecular formula is C9H23ClO4. The molecule has 5 heteroatoms. The number of aliphatic hydroxyl groups is 3. The first-order valence-corrected chi connectivity index (χ1v) is 5.21. The average Bonchev–Trinajstić information content (AvgIpc) is 2.90. The molecule has 0 bridgehead atoms. The van der Waals surface area contributed by atoms with Crippen LogP contribution in [-0.4, -0.2) is 53.7 Å². The van der Waals surface area contributed by atoms with Crippen LogP contribution in [0, 0.1) is 0 Å². The van der Waals surface area contributed by atoms with E-state index in [1.54, 1.807) is 20.8 Å². The van der Waals surface area contributed by atoms with Crippen LogP contribution in [-0.2, 0) is 4.74 Å². The predicted molar refractivity (Wildman–Crippen MR) is 58.7 cm³/mol. The van der Waals surface area contributed by atoms with Crippen LogP contribution in [0.1, 0.15) is 20.8 Å². The summed E-state index contributed by atoms with van der Waals surface area (Å²) in [5.74, 6) is 0.667. The van der Waals surface area contributed by atoms with E-state index in [-0.39, 0.29) is 19.8 Å². The lowest BCUT2D eigenvalue weighted by Crippen LogP contribution is -1.80. The molecule has 1 rings (SSSR count). The minimum atomic E-state index is 0.250. The summed E-state index contributed by atoms with van der Waals surface area (Å²) in [6.07, 6.45) is 0.400. The molecule has 1 aliphatic rings. The first-order chi connectivity index (χ1) is 6.67. The molecule has 0 aromatic carbocycles. The number of hydrogen-bond acceptors (Lipinski definition) is 4. The minimum absolute atomic E-state index is 0.250. The molecular weight excluding hydrogens is 208 g/mol. The summed E-state index contributed by atoms with van der Waals surface area (Å²) >= 11 is 5.27. The van der Waals surface area contributed by atoms with E-state index in [0.29, 0.717) is 12.0 Å². The van der Waals surface area contributed by atoms with Crippen molar-refractivity contribution in [1.82, 2.24) is 0 Å². The van der Waals surface area contributed by atoms with Gasteiger partial charge in [0.1, 0.15) is 0 Å². The van der Waals surface area contributed by atoms with Gasteiger partial charge in [-0.25, -0.2) is 0 Å². The molecule has 0 saturated carbocycles. The molecule has 1 saturated heterocycles. The Bertz CT molecular complexity index is 65.1. The molecule has 0 aromatic rings. The second kappa shape index (κ2) is 23.2. The van der Waals surface area contributed by atoms with Crippen LogP contribution >= 0.6 is 11.6 Å². The average molecular weight is 231 g/mol. The van der Waals surface area contributed by atoms with E-state index in [9.17, 15) is 0 Å². The number of epoxide rings is 1. The zero-order chi connectivity index (χ0) is 11.8. The van der Waals surface area contributed by atoms with Crippen LogP contribution < -0.4 is 0 Å². The topological polar surface area (TPSA) is 73.2 Å². The Morgan fingerprint density at radius 3 is 1.29 bits per heavy atom. The zero-order valence-electron chi connectivity index (χ0n) is 9.24. The van der Waals surface area contributed by atoms with E-state index in [1.165, 1.54) is 0 Å². The van der Waals surface area contributed by atoms with Gasteiger partial charge >= 0.3 is 0 Å². The van der Waals surface area contributed by atoms with Crippen molar-refractivity contribution in [2.45, 2.75) is 26.9 Å². The third-order valence-corrected chi connectivity index (χ3v) is 0.919. The maximum absolute atomic E-state index is 7.57. The van der Waals surface area contributed by atoms with Gasteiger partial charge in [-0.3, -0.25) is 0 Å². The summed E-state index contributed by atoms with van der Waals surface area (Å²) in [6, 6.07) is 0. The van der Waals surface area contributed by atoms with Crippen molar-refractivity contribution in [2.24, 2.45) is 0 Å². The third kappa shape index (κ3) is 57.1. The Labute approximate surface area is 91.5 Å². The first kappa shape index (κ1) is 19.7. The maximum atomic E-state index is 7.57. The molecule has 90 valence electrons. The highest BCUT2D eigenvalue weighted by molar-refractivity contribution is 6.18. The van der Waals surface area contributed by atoms with Crippen LogP contribution in [0.2, 0.25) is 0 Å². The molecule has 1 heterocycles. The number of rotatable bonds is 1. The third-order valence-electron chi connectivity index (χ3n) is 0.574. The quantitative estimate of drug-likeness (QED) is 0.456. The fourth-order valence-electron chi connectivity index (χ4n) is 0.157. The largest absolute Gasteiger partial charge is 0.397 e. The molecule has 0 spiro atoms. The summed E-state index contributed by atoms with van der Waals surface area (Å²) in [7, 11) is 0. The van der Waals surface area contributed by atoms with Gasteiger partial charge in [-0.1, -0.05) is 0 Å². The molecule has 1 atom stereocenters. The monoisotopic (exact) mass is 230 g/mol. The van der Waals surface area contributed by atoms with Crippen LogP contribution in [0.15, 0.2) is 0 Å². The molecule has 3 N–H and O–H groups in total. The van der Waals surface area contributed by atoms with E-state index < -0.39 is 0 Å². The van der Waals surface area contributed by atoms with Crippen LogP contribution in [0.3, 0.4) is 0 Å². The van der Waals surface area contributed by atoms with Gasteiger partial charge < -0.3 is 20.1 Å². The lowest BCUT2D eigenvalue weighted by atomic mass is 10.6. The molecule has 1 fully saturated rings. The van der Waals surface area contributed by atoms with Gasteiger partial charge in [0, 0.05) is 19.8 Å². The van der Waals surface area contributed by atoms with E-state index in [0.717, 1.165) is 6.61 Å². The van der Waals surface area contributed by atoms with Crippen molar-refractivity contribution in [1.29, 1.82) is 0 Å². The second-order valence-electron chi connectivity index (χ2n) is 2.06. The van der Waals surface area contributed by atoms with Crippen molar-refractivity contribution in [3.05, 3.63) is 0 Å². The second-order valence-corrected chi connectivity index (χ2v) is 2.37. The Hall–Kier alpha value is 0.130. The smallest absolute Gasteiger partial charge is 0.0944 e. The Balaban J connectivity index is -0.000000121. The Morgan fingerprint density at radius 2 is 1.29 bits per heavy atom. The standard InChI is InChI=1S/C3H5ClO.3C2H6O/c4-1-3-2-5-3;3*1-2-3/h3H,1-2H2;3*3H,2H2,1H3. The summed E-state index contributed by atoms with van der Waals surface area (Å²) < 4.78 is 4.73. The van der Waals surface area contributed by atoms with E-state index in [1.807, 2.05) is 0 Å². The number of alkyl halides is 1. The fourth-order valence-corrected chi connectivity index (χ4v) is 0.335. The maximum Gasteiger partial charge on any atom is 0.0944 e. The van der Waals surface area contributed by atoms with E-state index in [2.05, 4.69) is 0 Å². The minimum Gasteiger partial charge on any atom is -0.397 e. The summed E-state index contributed by atoms with van der Waals surface area (Å²) in [4.78, 5) is 0. The number of ether oxygens (including phenoxy) is 1. The molecule has 0 amide bonds. The SMILES string of the molecule is CCO.CCO.CCO.ClCC1CO1. The van der Waals surface area contributed by atoms with Crippen LogP contribution in [0.25, 0.3) is 0 Å². The van der Waals surface area contributed by atoms with Crippen molar-refractivity contribution in [3.8, 4) is 0 Å². The van der Waals surface area contributed by atoms with Crippen LogP contribution in [0.4, 0.5) is 0 Å². The highest BCUT2D eigenvalue weighted by Crippen LogP contribution is 2.08. The number of hydrogen-bond donors (Lipinski definition) is 3. The normalized spacial score (nSPS) is 16.1.